The highest BCUT2D eigenvalue weighted by atomic mass is 16.5. The highest BCUT2D eigenvalue weighted by molar-refractivity contribution is 5.39. The van der Waals surface area contributed by atoms with Gasteiger partial charge in [0.15, 0.2) is 0 Å². The van der Waals surface area contributed by atoms with Gasteiger partial charge in [0.05, 0.1) is 6.61 Å². The zero-order valence-electron chi connectivity index (χ0n) is 11.7. The van der Waals surface area contributed by atoms with Gasteiger partial charge in [0.1, 0.15) is 5.75 Å². The molecule has 3 heteroatoms. The number of hydrogen-bond donors (Lipinski definition) is 1. The van der Waals surface area contributed by atoms with Crippen LogP contribution in [0.15, 0.2) is 18.2 Å². The number of benzene rings is 1. The van der Waals surface area contributed by atoms with E-state index in [1.54, 1.807) is 0 Å². The van der Waals surface area contributed by atoms with Crippen molar-refractivity contribution in [2.75, 3.05) is 26.4 Å². The number of nitrogens with one attached hydrogen (secondary N) is 1. The molecule has 1 saturated heterocycles. The van der Waals surface area contributed by atoms with Crippen LogP contribution >= 0.6 is 0 Å². The van der Waals surface area contributed by atoms with Gasteiger partial charge >= 0.3 is 0 Å². The van der Waals surface area contributed by atoms with Crippen molar-refractivity contribution in [3.8, 4) is 5.75 Å². The van der Waals surface area contributed by atoms with Gasteiger partial charge in [-0.1, -0.05) is 12.1 Å². The molecule has 0 spiro atoms. The minimum absolute atomic E-state index is 0.262. The third kappa shape index (κ3) is 3.10. The van der Waals surface area contributed by atoms with Gasteiger partial charge in [-0.3, -0.25) is 0 Å². The Morgan fingerprint density at radius 2 is 2.05 bits per heavy atom. The van der Waals surface area contributed by atoms with Crippen LogP contribution in [0.1, 0.15) is 30.9 Å². The molecule has 0 aliphatic carbocycles. The average molecular weight is 261 g/mol. The maximum atomic E-state index is 5.54. The predicted octanol–water partition coefficient (Wildman–Crippen LogP) is 2.32. The Bertz CT molecular complexity index is 438. The van der Waals surface area contributed by atoms with Gasteiger partial charge in [0, 0.05) is 25.2 Å². The molecule has 0 aromatic heterocycles. The van der Waals surface area contributed by atoms with Gasteiger partial charge in [-0.15, -0.1) is 0 Å². The van der Waals surface area contributed by atoms with Crippen LogP contribution in [0.5, 0.6) is 5.75 Å². The summed E-state index contributed by atoms with van der Waals surface area (Å²) in [5.74, 6) is 1.08. The molecule has 0 saturated carbocycles. The maximum Gasteiger partial charge on any atom is 0.122 e. The van der Waals surface area contributed by atoms with Crippen LogP contribution in [-0.4, -0.2) is 31.9 Å². The lowest BCUT2D eigenvalue weighted by atomic mass is 9.92. The molecule has 1 aromatic rings. The number of hydrogen-bond acceptors (Lipinski definition) is 3. The molecular weight excluding hydrogens is 238 g/mol. The fourth-order valence-corrected chi connectivity index (χ4v) is 2.90. The molecule has 1 N–H and O–H groups in total. The molecule has 0 radical (unpaired) electrons. The van der Waals surface area contributed by atoms with Crippen molar-refractivity contribution in [1.29, 1.82) is 0 Å². The minimum atomic E-state index is 0.262. The van der Waals surface area contributed by atoms with Crippen molar-refractivity contribution < 1.29 is 9.47 Å². The lowest BCUT2D eigenvalue weighted by Crippen LogP contribution is -2.47. The molecule has 2 aliphatic heterocycles. The number of ether oxygens (including phenoxy) is 2. The molecule has 1 fully saturated rings. The summed E-state index contributed by atoms with van der Waals surface area (Å²) in [6.07, 6.45) is 4.38. The summed E-state index contributed by atoms with van der Waals surface area (Å²) < 4.78 is 11.0. The van der Waals surface area contributed by atoms with E-state index in [1.165, 1.54) is 11.1 Å². The summed E-state index contributed by atoms with van der Waals surface area (Å²) in [5, 5.41) is 3.70. The SMILES string of the molecule is CC1(NCCc2ccc3c(c2)CCO3)CCOCC1. The van der Waals surface area contributed by atoms with E-state index in [-0.39, 0.29) is 5.54 Å². The fourth-order valence-electron chi connectivity index (χ4n) is 2.90. The van der Waals surface area contributed by atoms with E-state index in [1.807, 2.05) is 0 Å². The monoisotopic (exact) mass is 261 g/mol. The molecule has 19 heavy (non-hydrogen) atoms. The lowest BCUT2D eigenvalue weighted by Gasteiger charge is -2.34. The summed E-state index contributed by atoms with van der Waals surface area (Å²) >= 11 is 0. The number of fused-ring (bicyclic) bond motifs is 1. The Morgan fingerprint density at radius 1 is 1.21 bits per heavy atom. The second-order valence-corrected chi connectivity index (χ2v) is 5.89. The molecule has 2 aliphatic rings. The van der Waals surface area contributed by atoms with Gasteiger partial charge in [-0.2, -0.15) is 0 Å². The molecule has 0 atom stereocenters. The summed E-state index contributed by atoms with van der Waals surface area (Å²) in [4.78, 5) is 0. The molecule has 1 aromatic carbocycles. The van der Waals surface area contributed by atoms with Gasteiger partial charge < -0.3 is 14.8 Å². The first-order valence-electron chi connectivity index (χ1n) is 7.33. The van der Waals surface area contributed by atoms with Crippen LogP contribution in [0.4, 0.5) is 0 Å². The third-order valence-corrected chi connectivity index (χ3v) is 4.32. The quantitative estimate of drug-likeness (QED) is 0.902. The Hall–Kier alpha value is -1.06. The van der Waals surface area contributed by atoms with E-state index in [4.69, 9.17) is 9.47 Å². The Morgan fingerprint density at radius 3 is 2.89 bits per heavy atom. The van der Waals surface area contributed by atoms with E-state index in [0.29, 0.717) is 0 Å². The van der Waals surface area contributed by atoms with Crippen LogP contribution in [0.3, 0.4) is 0 Å². The molecule has 3 rings (SSSR count). The van der Waals surface area contributed by atoms with Crippen molar-refractivity contribution in [3.63, 3.8) is 0 Å². The minimum Gasteiger partial charge on any atom is -0.493 e. The Labute approximate surface area is 115 Å². The smallest absolute Gasteiger partial charge is 0.122 e. The van der Waals surface area contributed by atoms with Crippen molar-refractivity contribution in [2.45, 2.75) is 38.1 Å². The fraction of sp³-hybridized carbons (Fsp3) is 0.625. The largest absolute Gasteiger partial charge is 0.493 e. The highest BCUT2D eigenvalue weighted by Crippen LogP contribution is 2.26. The van der Waals surface area contributed by atoms with Gasteiger partial charge in [-0.25, -0.2) is 0 Å². The third-order valence-electron chi connectivity index (χ3n) is 4.32. The van der Waals surface area contributed by atoms with E-state index in [0.717, 1.165) is 57.8 Å². The second kappa shape index (κ2) is 5.51. The average Bonchev–Trinajstić information content (AvgIpc) is 2.87. The van der Waals surface area contributed by atoms with Crippen molar-refractivity contribution in [3.05, 3.63) is 29.3 Å². The summed E-state index contributed by atoms with van der Waals surface area (Å²) in [5.41, 5.74) is 3.04. The molecule has 0 unspecified atom stereocenters. The molecule has 3 nitrogen and oxygen atoms in total. The van der Waals surface area contributed by atoms with Gasteiger partial charge in [0.2, 0.25) is 0 Å². The van der Waals surface area contributed by atoms with Crippen molar-refractivity contribution in [1.82, 2.24) is 5.32 Å². The van der Waals surface area contributed by atoms with E-state index < -0.39 is 0 Å². The molecule has 104 valence electrons. The van der Waals surface area contributed by atoms with Crippen molar-refractivity contribution >= 4 is 0 Å². The predicted molar refractivity (Wildman–Crippen MR) is 75.8 cm³/mol. The zero-order valence-corrected chi connectivity index (χ0v) is 11.7. The van der Waals surface area contributed by atoms with E-state index in [2.05, 4.69) is 30.4 Å². The van der Waals surface area contributed by atoms with E-state index in [9.17, 15) is 0 Å². The number of rotatable bonds is 4. The van der Waals surface area contributed by atoms with Crippen LogP contribution in [-0.2, 0) is 17.6 Å². The van der Waals surface area contributed by atoms with Gasteiger partial charge in [0.25, 0.3) is 0 Å². The topological polar surface area (TPSA) is 30.5 Å². The van der Waals surface area contributed by atoms with Gasteiger partial charge in [-0.05, 0) is 49.9 Å². The first-order chi connectivity index (χ1) is 9.25. The highest BCUT2D eigenvalue weighted by Gasteiger charge is 2.26. The Balaban J connectivity index is 1.52. The van der Waals surface area contributed by atoms with Crippen LogP contribution < -0.4 is 10.1 Å². The van der Waals surface area contributed by atoms with Crippen LogP contribution in [0.2, 0.25) is 0 Å². The Kier molecular flexibility index (Phi) is 3.76. The normalized spacial score (nSPS) is 20.9. The second-order valence-electron chi connectivity index (χ2n) is 5.89. The van der Waals surface area contributed by atoms with Crippen LogP contribution in [0, 0.1) is 0 Å². The van der Waals surface area contributed by atoms with Crippen molar-refractivity contribution in [2.24, 2.45) is 0 Å². The molecule has 2 heterocycles. The zero-order chi connectivity index (χ0) is 13.1. The lowest BCUT2D eigenvalue weighted by molar-refractivity contribution is 0.0456. The van der Waals surface area contributed by atoms with Crippen LogP contribution in [0.25, 0.3) is 0 Å². The summed E-state index contributed by atoms with van der Waals surface area (Å²) in [7, 11) is 0. The molecular formula is C16H23NO2. The molecule has 0 bridgehead atoms. The first kappa shape index (κ1) is 12.9. The van der Waals surface area contributed by atoms with E-state index >= 15 is 0 Å². The molecule has 0 amide bonds. The standard InChI is InChI=1S/C16H23NO2/c1-16(6-10-18-11-7-16)17-8-4-13-2-3-15-14(12-13)5-9-19-15/h2-3,12,17H,4-11H2,1H3. The first-order valence-corrected chi connectivity index (χ1v) is 7.33. The summed E-state index contributed by atoms with van der Waals surface area (Å²) in [6.45, 7) is 5.97. The maximum absolute atomic E-state index is 5.54. The summed E-state index contributed by atoms with van der Waals surface area (Å²) in [6, 6.07) is 6.61.